The van der Waals surface area contributed by atoms with Crippen molar-refractivity contribution in [1.82, 2.24) is 4.90 Å². The molecule has 0 radical (unpaired) electrons. The lowest BCUT2D eigenvalue weighted by Crippen LogP contribution is -2.30. The average Bonchev–Trinajstić information content (AvgIpc) is 2.60. The van der Waals surface area contributed by atoms with E-state index in [9.17, 15) is 4.79 Å². The van der Waals surface area contributed by atoms with E-state index in [1.807, 2.05) is 42.5 Å². The minimum atomic E-state index is -0.00387. The van der Waals surface area contributed by atoms with Gasteiger partial charge in [-0.3, -0.25) is 4.79 Å². The molecular weight excluding hydrogens is 286 g/mol. The predicted octanol–water partition coefficient (Wildman–Crippen LogP) is 4.04. The van der Waals surface area contributed by atoms with Crippen LogP contribution in [-0.2, 0) is 6.54 Å². The van der Waals surface area contributed by atoms with Crippen molar-refractivity contribution in [3.05, 3.63) is 65.7 Å². The Morgan fingerprint density at radius 1 is 1.13 bits per heavy atom. The second kappa shape index (κ2) is 8.49. The quantitative estimate of drug-likeness (QED) is 0.689. The van der Waals surface area contributed by atoms with Crippen molar-refractivity contribution in [2.45, 2.75) is 19.9 Å². The van der Waals surface area contributed by atoms with Gasteiger partial charge in [0.05, 0.1) is 7.11 Å². The number of carbonyl (C=O) groups excluding carboxylic acids is 1. The van der Waals surface area contributed by atoms with Crippen LogP contribution in [0.4, 0.5) is 0 Å². The number of hydrogen-bond donors (Lipinski definition) is 0. The van der Waals surface area contributed by atoms with Gasteiger partial charge >= 0.3 is 0 Å². The zero-order chi connectivity index (χ0) is 16.7. The Morgan fingerprint density at radius 3 is 2.52 bits per heavy atom. The summed E-state index contributed by atoms with van der Waals surface area (Å²) < 4.78 is 5.22. The van der Waals surface area contributed by atoms with Crippen LogP contribution in [0, 0.1) is 5.92 Å². The molecule has 0 saturated carbocycles. The zero-order valence-electron chi connectivity index (χ0n) is 14.2. The molecule has 0 saturated heterocycles. The number of nitrogens with zero attached hydrogens (tertiary/aromatic N) is 1. The van der Waals surface area contributed by atoms with Crippen molar-refractivity contribution in [2.24, 2.45) is 5.92 Å². The van der Waals surface area contributed by atoms with Crippen LogP contribution in [0.3, 0.4) is 0 Å². The van der Waals surface area contributed by atoms with Crippen molar-refractivity contribution in [1.29, 1.82) is 0 Å². The van der Waals surface area contributed by atoms with Crippen molar-refractivity contribution >= 4 is 5.78 Å². The molecule has 2 aromatic carbocycles. The van der Waals surface area contributed by atoms with Gasteiger partial charge in [-0.25, -0.2) is 0 Å². The molecule has 2 aromatic rings. The molecule has 0 fully saturated rings. The topological polar surface area (TPSA) is 29.5 Å². The fourth-order valence-corrected chi connectivity index (χ4v) is 2.75. The first-order chi connectivity index (χ1) is 11.1. The van der Waals surface area contributed by atoms with Gasteiger partial charge in [0, 0.05) is 24.6 Å². The normalized spacial score (nSPS) is 12.2. The minimum absolute atomic E-state index is 0.00387. The second-order valence-corrected chi connectivity index (χ2v) is 5.88. The van der Waals surface area contributed by atoms with Crippen LogP contribution in [0.25, 0.3) is 0 Å². The van der Waals surface area contributed by atoms with Gasteiger partial charge in [-0.15, -0.1) is 0 Å². The van der Waals surface area contributed by atoms with Crippen molar-refractivity contribution in [2.75, 3.05) is 20.7 Å². The first kappa shape index (κ1) is 17.2. The maximum atomic E-state index is 12.7. The van der Waals surface area contributed by atoms with Crippen LogP contribution in [0.1, 0.15) is 29.3 Å². The number of carbonyl (C=O) groups is 1. The number of hydrogen-bond acceptors (Lipinski definition) is 3. The van der Waals surface area contributed by atoms with Gasteiger partial charge < -0.3 is 9.64 Å². The number of Topliss-reactive ketones (excluding diaryl/α,β-unsaturated/α-hetero) is 1. The lowest BCUT2D eigenvalue weighted by molar-refractivity contribution is 0.0883. The number of benzene rings is 2. The molecule has 2 rings (SSSR count). The number of ketones is 1. The Kier molecular flexibility index (Phi) is 6.36. The summed E-state index contributed by atoms with van der Waals surface area (Å²) in [7, 11) is 3.68. The largest absolute Gasteiger partial charge is 0.497 e. The van der Waals surface area contributed by atoms with E-state index in [4.69, 9.17) is 4.74 Å². The minimum Gasteiger partial charge on any atom is -0.497 e. The van der Waals surface area contributed by atoms with Crippen LogP contribution in [0.15, 0.2) is 54.6 Å². The highest BCUT2D eigenvalue weighted by atomic mass is 16.5. The Morgan fingerprint density at radius 2 is 1.87 bits per heavy atom. The predicted molar refractivity (Wildman–Crippen MR) is 93.9 cm³/mol. The van der Waals surface area contributed by atoms with Gasteiger partial charge in [0.15, 0.2) is 5.78 Å². The highest BCUT2D eigenvalue weighted by Crippen LogP contribution is 2.19. The van der Waals surface area contributed by atoms with Gasteiger partial charge in [0.25, 0.3) is 0 Å². The molecule has 3 nitrogen and oxygen atoms in total. The highest BCUT2D eigenvalue weighted by Gasteiger charge is 2.20. The Hall–Kier alpha value is -2.13. The van der Waals surface area contributed by atoms with Gasteiger partial charge in [-0.05, 0) is 31.2 Å². The van der Waals surface area contributed by atoms with Gasteiger partial charge in [-0.1, -0.05) is 49.4 Å². The lowest BCUT2D eigenvalue weighted by Gasteiger charge is -2.22. The van der Waals surface area contributed by atoms with Crippen LogP contribution < -0.4 is 4.74 Å². The molecule has 1 unspecified atom stereocenters. The molecule has 0 bridgehead atoms. The standard InChI is InChI=1S/C20H25NO2/c1-4-17(15-21(2)14-16-9-6-5-7-10-16)20(22)18-11-8-12-19(13-18)23-3/h5-13,17H,4,14-15H2,1-3H3. The fraction of sp³-hybridized carbons (Fsp3) is 0.350. The van der Waals surface area contributed by atoms with Crippen LogP contribution in [-0.4, -0.2) is 31.4 Å². The first-order valence-electron chi connectivity index (χ1n) is 8.04. The Labute approximate surface area is 138 Å². The SMILES string of the molecule is CCC(CN(C)Cc1ccccc1)C(=O)c1cccc(OC)c1. The van der Waals surface area contributed by atoms with Crippen LogP contribution >= 0.6 is 0 Å². The van der Waals surface area contributed by atoms with E-state index in [2.05, 4.69) is 31.0 Å². The van der Waals surface area contributed by atoms with Crippen molar-refractivity contribution < 1.29 is 9.53 Å². The monoisotopic (exact) mass is 311 g/mol. The summed E-state index contributed by atoms with van der Waals surface area (Å²) in [5.41, 5.74) is 1.99. The summed E-state index contributed by atoms with van der Waals surface area (Å²) >= 11 is 0. The number of rotatable bonds is 8. The molecule has 0 aliphatic rings. The molecule has 0 aliphatic carbocycles. The highest BCUT2D eigenvalue weighted by molar-refractivity contribution is 5.98. The molecule has 122 valence electrons. The summed E-state index contributed by atoms with van der Waals surface area (Å²) in [5.74, 6) is 0.908. The third-order valence-corrected chi connectivity index (χ3v) is 4.05. The summed E-state index contributed by atoms with van der Waals surface area (Å²) in [6, 6.07) is 17.7. The molecule has 0 aromatic heterocycles. The molecule has 0 spiro atoms. The van der Waals surface area contributed by atoms with Crippen molar-refractivity contribution in [3.8, 4) is 5.75 Å². The zero-order valence-corrected chi connectivity index (χ0v) is 14.2. The number of methoxy groups -OCH3 is 1. The molecule has 0 amide bonds. The molecular formula is C20H25NO2. The average molecular weight is 311 g/mol. The number of ether oxygens (including phenoxy) is 1. The third kappa shape index (κ3) is 4.93. The molecule has 23 heavy (non-hydrogen) atoms. The van der Waals surface area contributed by atoms with E-state index in [1.54, 1.807) is 7.11 Å². The van der Waals surface area contributed by atoms with Gasteiger partial charge in [0.1, 0.15) is 5.75 Å². The van der Waals surface area contributed by atoms with E-state index in [1.165, 1.54) is 5.56 Å². The maximum Gasteiger partial charge on any atom is 0.167 e. The smallest absolute Gasteiger partial charge is 0.167 e. The van der Waals surface area contributed by atoms with E-state index in [-0.39, 0.29) is 11.7 Å². The molecule has 3 heteroatoms. The lowest BCUT2D eigenvalue weighted by atomic mass is 9.94. The van der Waals surface area contributed by atoms with Gasteiger partial charge in [0.2, 0.25) is 0 Å². The molecule has 0 N–H and O–H groups in total. The Balaban J connectivity index is 2.02. The van der Waals surface area contributed by atoms with E-state index < -0.39 is 0 Å². The van der Waals surface area contributed by atoms with Crippen molar-refractivity contribution in [3.63, 3.8) is 0 Å². The van der Waals surface area contributed by atoms with Gasteiger partial charge in [-0.2, -0.15) is 0 Å². The van der Waals surface area contributed by atoms with Crippen LogP contribution in [0.5, 0.6) is 5.75 Å². The van der Waals surface area contributed by atoms with Crippen LogP contribution in [0.2, 0.25) is 0 Å². The summed E-state index contributed by atoms with van der Waals surface area (Å²) in [4.78, 5) is 15.0. The summed E-state index contributed by atoms with van der Waals surface area (Å²) in [5, 5.41) is 0. The van der Waals surface area contributed by atoms with E-state index in [0.29, 0.717) is 0 Å². The second-order valence-electron chi connectivity index (χ2n) is 5.88. The van der Waals surface area contributed by atoms with E-state index in [0.717, 1.165) is 30.8 Å². The fourth-order valence-electron chi connectivity index (χ4n) is 2.75. The third-order valence-electron chi connectivity index (χ3n) is 4.05. The summed E-state index contributed by atoms with van der Waals surface area (Å²) in [6.07, 6.45) is 0.829. The molecule has 0 heterocycles. The first-order valence-corrected chi connectivity index (χ1v) is 8.04. The summed E-state index contributed by atoms with van der Waals surface area (Å²) in [6.45, 7) is 3.67. The molecule has 0 aliphatic heterocycles. The van der Waals surface area contributed by atoms with E-state index >= 15 is 0 Å². The molecule has 1 atom stereocenters. The Bertz CT molecular complexity index is 625. The maximum absolute atomic E-state index is 12.7.